The lowest BCUT2D eigenvalue weighted by Crippen LogP contribution is -2.57. The Morgan fingerprint density at radius 3 is 2.89 bits per heavy atom. The molecule has 28 heavy (non-hydrogen) atoms. The van der Waals surface area contributed by atoms with Crippen LogP contribution in [0.2, 0.25) is 0 Å². The minimum Gasteiger partial charge on any atom is -0.356 e. The minimum absolute atomic E-state index is 0.0651. The molecular formula is C20H23N3O4S. The molecule has 1 aromatic carbocycles. The van der Waals surface area contributed by atoms with Gasteiger partial charge in [0.05, 0.1) is 18.3 Å². The summed E-state index contributed by atoms with van der Waals surface area (Å²) in [5.74, 6) is -0.0214. The number of carbonyl (C=O) groups is 3. The second-order valence-electron chi connectivity index (χ2n) is 7.55. The summed E-state index contributed by atoms with van der Waals surface area (Å²) in [4.78, 5) is 38.9. The van der Waals surface area contributed by atoms with Crippen LogP contribution in [0, 0.1) is 13.8 Å². The molecule has 3 heterocycles. The first-order chi connectivity index (χ1) is 13.4. The maximum Gasteiger partial charge on any atom is 0.227 e. The third-order valence-electron chi connectivity index (χ3n) is 5.40. The van der Waals surface area contributed by atoms with Gasteiger partial charge in [0, 0.05) is 11.9 Å². The summed E-state index contributed by atoms with van der Waals surface area (Å²) in [6, 6.07) is 3.22. The average Bonchev–Trinajstić information content (AvgIpc) is 3.19. The van der Waals surface area contributed by atoms with Crippen molar-refractivity contribution in [3.05, 3.63) is 29.0 Å². The maximum absolute atomic E-state index is 12.7. The molecule has 0 spiro atoms. The van der Waals surface area contributed by atoms with Crippen LogP contribution in [0.3, 0.4) is 0 Å². The second-order valence-corrected chi connectivity index (χ2v) is 8.53. The molecule has 7 nitrogen and oxygen atoms in total. The van der Waals surface area contributed by atoms with E-state index in [0.29, 0.717) is 17.8 Å². The highest BCUT2D eigenvalue weighted by molar-refractivity contribution is 8.15. The number of nitrogens with zero attached hydrogens (tertiary/aromatic N) is 2. The Balaban J connectivity index is 1.50. The summed E-state index contributed by atoms with van der Waals surface area (Å²) in [6.07, 6.45) is 2.39. The first kappa shape index (κ1) is 19.1. The maximum atomic E-state index is 12.7. The normalized spacial score (nSPS) is 23.5. The number of rotatable bonds is 4. The number of nitrogens with one attached hydrogen (secondary N) is 1. The van der Waals surface area contributed by atoms with E-state index in [1.807, 2.05) is 30.9 Å². The molecule has 1 amide bonds. The van der Waals surface area contributed by atoms with Crippen LogP contribution >= 0.6 is 11.8 Å². The molecule has 2 aromatic rings. The predicted molar refractivity (Wildman–Crippen MR) is 106 cm³/mol. The zero-order valence-electron chi connectivity index (χ0n) is 16.0. The van der Waals surface area contributed by atoms with Gasteiger partial charge in [0.1, 0.15) is 11.7 Å². The standard InChI is InChI=1S/C20H23N3O4S/c1-11-7-12(2)18-13(22-27-15(18)8-11)9-17(25)21-16-5-3-4-6-23(16)19-14(24)10-28-20(19)26/h7-8,16,19H,3-6,9-10H2,1-2H3,(H,21,25). The summed E-state index contributed by atoms with van der Waals surface area (Å²) in [5.41, 5.74) is 3.39. The van der Waals surface area contributed by atoms with Crippen molar-refractivity contribution in [3.8, 4) is 0 Å². The number of aromatic nitrogens is 1. The number of thioether (sulfide) groups is 1. The van der Waals surface area contributed by atoms with Crippen molar-refractivity contribution in [2.45, 2.75) is 51.7 Å². The number of hydrogen-bond acceptors (Lipinski definition) is 7. The molecule has 8 heteroatoms. The van der Waals surface area contributed by atoms with Crippen LogP contribution in [0.4, 0.5) is 0 Å². The number of likely N-dealkylation sites (tertiary alicyclic amines) is 1. The molecule has 4 rings (SSSR count). The van der Waals surface area contributed by atoms with E-state index >= 15 is 0 Å². The highest BCUT2D eigenvalue weighted by atomic mass is 32.2. The highest BCUT2D eigenvalue weighted by Gasteiger charge is 2.42. The van der Waals surface area contributed by atoms with Crippen LogP contribution in [0.25, 0.3) is 11.0 Å². The number of Topliss-reactive ketones (excluding diaryl/α,β-unsaturated/α-hetero) is 1. The Hall–Kier alpha value is -2.19. The fourth-order valence-corrected chi connectivity index (χ4v) is 5.07. The molecule has 0 radical (unpaired) electrons. The summed E-state index contributed by atoms with van der Waals surface area (Å²) in [6.45, 7) is 4.60. The fourth-order valence-electron chi connectivity index (χ4n) is 4.20. The third kappa shape index (κ3) is 3.58. The average molecular weight is 401 g/mol. The number of amides is 1. The van der Waals surface area contributed by atoms with Crippen LogP contribution in [0.15, 0.2) is 16.7 Å². The van der Waals surface area contributed by atoms with E-state index in [2.05, 4.69) is 10.5 Å². The molecule has 2 atom stereocenters. The quantitative estimate of drug-likeness (QED) is 0.785. The Bertz CT molecular complexity index is 938. The van der Waals surface area contributed by atoms with Gasteiger partial charge in [0.25, 0.3) is 0 Å². The summed E-state index contributed by atoms with van der Waals surface area (Å²) >= 11 is 1.07. The molecule has 2 saturated heterocycles. The van der Waals surface area contributed by atoms with Crippen molar-refractivity contribution < 1.29 is 18.9 Å². The van der Waals surface area contributed by atoms with Crippen molar-refractivity contribution in [2.75, 3.05) is 12.3 Å². The SMILES string of the molecule is Cc1cc(C)c2c(CC(=O)NC3CCCCN3C3C(=O)CSC3=O)noc2c1. The van der Waals surface area contributed by atoms with Gasteiger partial charge < -0.3 is 9.84 Å². The molecule has 2 unspecified atom stereocenters. The smallest absolute Gasteiger partial charge is 0.227 e. The van der Waals surface area contributed by atoms with E-state index in [1.54, 1.807) is 0 Å². The highest BCUT2D eigenvalue weighted by Crippen LogP contribution is 2.28. The van der Waals surface area contributed by atoms with Gasteiger partial charge in [0.15, 0.2) is 11.4 Å². The van der Waals surface area contributed by atoms with Gasteiger partial charge in [0.2, 0.25) is 11.0 Å². The van der Waals surface area contributed by atoms with Crippen LogP contribution in [-0.2, 0) is 20.8 Å². The number of hydrogen-bond donors (Lipinski definition) is 1. The number of ketones is 1. The first-order valence-corrected chi connectivity index (χ1v) is 10.5. The lowest BCUT2D eigenvalue weighted by molar-refractivity contribution is -0.133. The summed E-state index contributed by atoms with van der Waals surface area (Å²) in [5, 5.41) is 7.86. The van der Waals surface area contributed by atoms with Crippen molar-refractivity contribution in [1.82, 2.24) is 15.4 Å². The number of aryl methyl sites for hydroxylation is 2. The van der Waals surface area contributed by atoms with Gasteiger partial charge in [-0.2, -0.15) is 0 Å². The van der Waals surface area contributed by atoms with Crippen LogP contribution in [0.5, 0.6) is 0 Å². The van der Waals surface area contributed by atoms with E-state index < -0.39 is 6.04 Å². The van der Waals surface area contributed by atoms with Crippen LogP contribution < -0.4 is 5.32 Å². The molecule has 2 aliphatic heterocycles. The monoisotopic (exact) mass is 401 g/mol. The molecule has 0 aliphatic carbocycles. The van der Waals surface area contributed by atoms with Crippen LogP contribution in [0.1, 0.15) is 36.1 Å². The van der Waals surface area contributed by atoms with Crippen molar-refractivity contribution in [2.24, 2.45) is 0 Å². The Morgan fingerprint density at radius 1 is 1.32 bits per heavy atom. The molecule has 2 aliphatic rings. The van der Waals surface area contributed by atoms with Gasteiger partial charge >= 0.3 is 0 Å². The van der Waals surface area contributed by atoms with E-state index in [4.69, 9.17) is 4.52 Å². The van der Waals surface area contributed by atoms with Crippen molar-refractivity contribution >= 4 is 39.5 Å². The largest absolute Gasteiger partial charge is 0.356 e. The first-order valence-electron chi connectivity index (χ1n) is 9.54. The number of fused-ring (bicyclic) bond motifs is 1. The van der Waals surface area contributed by atoms with Gasteiger partial charge in [-0.05, 0) is 50.3 Å². The Kier molecular flexibility index (Phi) is 5.25. The zero-order valence-corrected chi connectivity index (χ0v) is 16.8. The molecular weight excluding hydrogens is 378 g/mol. The zero-order chi connectivity index (χ0) is 19.8. The van der Waals surface area contributed by atoms with E-state index in [9.17, 15) is 14.4 Å². The van der Waals surface area contributed by atoms with E-state index in [-0.39, 0.29) is 35.1 Å². The molecule has 1 aromatic heterocycles. The van der Waals surface area contributed by atoms with Crippen molar-refractivity contribution in [1.29, 1.82) is 0 Å². The van der Waals surface area contributed by atoms with Gasteiger partial charge in [-0.3, -0.25) is 19.3 Å². The number of benzene rings is 1. The molecule has 2 fully saturated rings. The lowest BCUT2D eigenvalue weighted by atomic mass is 10.0. The van der Waals surface area contributed by atoms with Gasteiger partial charge in [-0.25, -0.2) is 0 Å². The molecule has 0 saturated carbocycles. The minimum atomic E-state index is -0.728. The number of piperidine rings is 1. The van der Waals surface area contributed by atoms with Crippen LogP contribution in [-0.4, -0.2) is 51.4 Å². The van der Waals surface area contributed by atoms with E-state index in [0.717, 1.165) is 47.5 Å². The third-order valence-corrected chi connectivity index (χ3v) is 6.34. The molecule has 1 N–H and O–H groups in total. The molecule has 148 valence electrons. The summed E-state index contributed by atoms with van der Waals surface area (Å²) < 4.78 is 5.40. The van der Waals surface area contributed by atoms with Gasteiger partial charge in [-0.15, -0.1) is 0 Å². The Labute approximate surface area is 167 Å². The van der Waals surface area contributed by atoms with Gasteiger partial charge in [-0.1, -0.05) is 23.0 Å². The number of carbonyl (C=O) groups excluding carboxylic acids is 3. The topological polar surface area (TPSA) is 92.5 Å². The predicted octanol–water partition coefficient (Wildman–Crippen LogP) is 2.13. The summed E-state index contributed by atoms with van der Waals surface area (Å²) in [7, 11) is 0. The van der Waals surface area contributed by atoms with Crippen molar-refractivity contribution in [3.63, 3.8) is 0 Å². The Morgan fingerprint density at radius 2 is 2.14 bits per heavy atom. The lowest BCUT2D eigenvalue weighted by Gasteiger charge is -2.38. The fraction of sp³-hybridized carbons (Fsp3) is 0.500. The molecule has 0 bridgehead atoms. The van der Waals surface area contributed by atoms with E-state index in [1.165, 1.54) is 0 Å². The second kappa shape index (κ2) is 7.67.